The average Bonchev–Trinajstić information content (AvgIpc) is 2.81. The van der Waals surface area contributed by atoms with Crippen LogP contribution in [0.15, 0.2) is 42.5 Å². The fourth-order valence-corrected chi connectivity index (χ4v) is 3.85. The van der Waals surface area contributed by atoms with Crippen LogP contribution in [0.3, 0.4) is 0 Å². The minimum absolute atomic E-state index is 0.274. The van der Waals surface area contributed by atoms with Crippen molar-refractivity contribution in [2.75, 3.05) is 12.9 Å². The molecule has 1 unspecified atom stereocenters. The van der Waals surface area contributed by atoms with Gasteiger partial charge in [0.1, 0.15) is 0 Å². The van der Waals surface area contributed by atoms with E-state index in [2.05, 4.69) is 31.2 Å². The van der Waals surface area contributed by atoms with Gasteiger partial charge in [0, 0.05) is 0 Å². The Bertz CT molecular complexity index is 664. The molecule has 0 saturated heterocycles. The molecule has 0 heterocycles. The third kappa shape index (κ3) is 2.02. The van der Waals surface area contributed by atoms with E-state index in [9.17, 15) is 4.79 Å². The third-order valence-corrected chi connectivity index (χ3v) is 4.80. The van der Waals surface area contributed by atoms with Crippen molar-refractivity contribution in [3.8, 4) is 11.1 Å². The van der Waals surface area contributed by atoms with E-state index in [1.807, 2.05) is 30.0 Å². The van der Waals surface area contributed by atoms with Crippen LogP contribution in [0.1, 0.15) is 33.7 Å². The van der Waals surface area contributed by atoms with E-state index in [1.54, 1.807) is 0 Å². The normalized spacial score (nSPS) is 15.6. The summed E-state index contributed by atoms with van der Waals surface area (Å²) in [7, 11) is 1.42. The number of thioether (sulfide) groups is 1. The topological polar surface area (TPSA) is 26.3 Å². The minimum atomic E-state index is -0.274. The first kappa shape index (κ1) is 13.3. The molecule has 0 amide bonds. The Hall–Kier alpha value is -1.74. The standard InChI is InChI=1S/C17H16O2S/c1-3-20-16-14-7-5-4-6-12(14)13-9-8-11(10-15(13)16)17(18)19-2/h4-10,16H,3H2,1-2H3. The number of ether oxygens (including phenoxy) is 1. The molecule has 3 rings (SSSR count). The molecule has 1 aliphatic carbocycles. The summed E-state index contributed by atoms with van der Waals surface area (Å²) in [4.78, 5) is 11.7. The first-order valence-corrected chi connectivity index (χ1v) is 7.74. The zero-order valence-corrected chi connectivity index (χ0v) is 12.4. The smallest absolute Gasteiger partial charge is 0.337 e. The Balaban J connectivity index is 2.14. The van der Waals surface area contributed by atoms with E-state index >= 15 is 0 Å². The summed E-state index contributed by atoms with van der Waals surface area (Å²) < 4.78 is 4.82. The molecule has 2 aromatic carbocycles. The summed E-state index contributed by atoms with van der Waals surface area (Å²) in [6.07, 6.45) is 0. The molecule has 2 nitrogen and oxygen atoms in total. The summed E-state index contributed by atoms with van der Waals surface area (Å²) in [5.41, 5.74) is 5.71. The van der Waals surface area contributed by atoms with Crippen LogP contribution in [-0.4, -0.2) is 18.8 Å². The monoisotopic (exact) mass is 284 g/mol. The van der Waals surface area contributed by atoms with Gasteiger partial charge in [0.05, 0.1) is 17.9 Å². The molecule has 2 aromatic rings. The van der Waals surface area contributed by atoms with E-state index in [1.165, 1.54) is 29.4 Å². The zero-order chi connectivity index (χ0) is 14.1. The first-order valence-electron chi connectivity index (χ1n) is 6.69. The van der Waals surface area contributed by atoms with Crippen LogP contribution in [0.4, 0.5) is 0 Å². The van der Waals surface area contributed by atoms with Gasteiger partial charge >= 0.3 is 5.97 Å². The van der Waals surface area contributed by atoms with E-state index in [0.29, 0.717) is 10.8 Å². The number of fused-ring (bicyclic) bond motifs is 3. The molecule has 1 aliphatic rings. The fourth-order valence-electron chi connectivity index (χ4n) is 2.75. The number of methoxy groups -OCH3 is 1. The molecule has 0 aliphatic heterocycles. The van der Waals surface area contributed by atoms with Gasteiger partial charge < -0.3 is 4.74 Å². The molecule has 0 fully saturated rings. The molecule has 3 heteroatoms. The summed E-state index contributed by atoms with van der Waals surface area (Å²) in [5.74, 6) is 0.768. The molecule has 0 saturated carbocycles. The van der Waals surface area contributed by atoms with Gasteiger partial charge in [-0.1, -0.05) is 37.3 Å². The van der Waals surface area contributed by atoms with Gasteiger partial charge in [-0.15, -0.1) is 11.8 Å². The van der Waals surface area contributed by atoms with Gasteiger partial charge in [-0.3, -0.25) is 0 Å². The first-order chi connectivity index (χ1) is 9.76. The molecule has 20 heavy (non-hydrogen) atoms. The maximum Gasteiger partial charge on any atom is 0.337 e. The molecule has 0 aromatic heterocycles. The van der Waals surface area contributed by atoms with Crippen molar-refractivity contribution in [1.82, 2.24) is 0 Å². The number of hydrogen-bond donors (Lipinski definition) is 0. The van der Waals surface area contributed by atoms with Gasteiger partial charge in [-0.05, 0) is 40.1 Å². The maximum atomic E-state index is 11.7. The molecular weight excluding hydrogens is 268 g/mol. The van der Waals surface area contributed by atoms with E-state index < -0.39 is 0 Å². The maximum absolute atomic E-state index is 11.7. The second-order valence-electron chi connectivity index (χ2n) is 4.72. The van der Waals surface area contributed by atoms with Gasteiger partial charge in [-0.25, -0.2) is 4.79 Å². The number of hydrogen-bond acceptors (Lipinski definition) is 3. The largest absolute Gasteiger partial charge is 0.465 e. The van der Waals surface area contributed by atoms with Crippen LogP contribution in [0.5, 0.6) is 0 Å². The van der Waals surface area contributed by atoms with Gasteiger partial charge in [0.15, 0.2) is 0 Å². The number of esters is 1. The van der Waals surface area contributed by atoms with E-state index in [4.69, 9.17) is 4.74 Å². The summed E-state index contributed by atoms with van der Waals surface area (Å²) in [6, 6.07) is 14.3. The summed E-state index contributed by atoms with van der Waals surface area (Å²) >= 11 is 1.90. The van der Waals surface area contributed by atoms with Gasteiger partial charge in [-0.2, -0.15) is 0 Å². The van der Waals surface area contributed by atoms with Crippen LogP contribution in [-0.2, 0) is 4.74 Å². The Kier molecular flexibility index (Phi) is 3.53. The Labute approximate surface area is 123 Å². The van der Waals surface area contributed by atoms with Crippen molar-refractivity contribution in [3.05, 3.63) is 59.2 Å². The predicted molar refractivity (Wildman–Crippen MR) is 83.2 cm³/mol. The second-order valence-corrected chi connectivity index (χ2v) is 6.10. The molecular formula is C17H16O2S. The molecule has 0 bridgehead atoms. The lowest BCUT2D eigenvalue weighted by atomic mass is 10.0. The summed E-state index contributed by atoms with van der Waals surface area (Å²) in [6.45, 7) is 2.16. The molecule has 0 N–H and O–H groups in total. The van der Waals surface area contributed by atoms with Crippen molar-refractivity contribution >= 4 is 17.7 Å². The fraction of sp³-hybridized carbons (Fsp3) is 0.235. The van der Waals surface area contributed by atoms with Crippen LogP contribution in [0.25, 0.3) is 11.1 Å². The minimum Gasteiger partial charge on any atom is -0.465 e. The van der Waals surface area contributed by atoms with Crippen LogP contribution in [0, 0.1) is 0 Å². The third-order valence-electron chi connectivity index (χ3n) is 3.62. The highest BCUT2D eigenvalue weighted by atomic mass is 32.2. The highest BCUT2D eigenvalue weighted by Crippen LogP contribution is 2.50. The highest BCUT2D eigenvalue weighted by molar-refractivity contribution is 7.99. The Morgan fingerprint density at radius 1 is 1.15 bits per heavy atom. The zero-order valence-electron chi connectivity index (χ0n) is 11.6. The number of benzene rings is 2. The number of rotatable bonds is 3. The summed E-state index contributed by atoms with van der Waals surface area (Å²) in [5, 5.41) is 0.316. The number of carbonyl (C=O) groups is 1. The van der Waals surface area contributed by atoms with Gasteiger partial charge in [0.25, 0.3) is 0 Å². The molecule has 0 radical (unpaired) electrons. The Morgan fingerprint density at radius 3 is 2.65 bits per heavy atom. The molecule has 102 valence electrons. The lowest BCUT2D eigenvalue weighted by Gasteiger charge is -2.12. The van der Waals surface area contributed by atoms with Crippen LogP contribution >= 0.6 is 11.8 Å². The highest BCUT2D eigenvalue weighted by Gasteiger charge is 2.29. The van der Waals surface area contributed by atoms with Crippen molar-refractivity contribution in [2.45, 2.75) is 12.2 Å². The van der Waals surface area contributed by atoms with Crippen LogP contribution < -0.4 is 0 Å². The lowest BCUT2D eigenvalue weighted by molar-refractivity contribution is 0.0600. The SMILES string of the molecule is CCSC1c2ccccc2-c2ccc(C(=O)OC)cc21. The average molecular weight is 284 g/mol. The predicted octanol–water partition coefficient (Wildman–Crippen LogP) is 4.30. The quantitative estimate of drug-likeness (QED) is 0.786. The van der Waals surface area contributed by atoms with Crippen molar-refractivity contribution < 1.29 is 9.53 Å². The van der Waals surface area contributed by atoms with Crippen molar-refractivity contribution in [3.63, 3.8) is 0 Å². The number of carbonyl (C=O) groups excluding carboxylic acids is 1. The van der Waals surface area contributed by atoms with E-state index in [-0.39, 0.29) is 5.97 Å². The van der Waals surface area contributed by atoms with Gasteiger partial charge in [0.2, 0.25) is 0 Å². The van der Waals surface area contributed by atoms with Crippen molar-refractivity contribution in [1.29, 1.82) is 0 Å². The molecule has 1 atom stereocenters. The van der Waals surface area contributed by atoms with E-state index in [0.717, 1.165) is 5.75 Å². The lowest BCUT2D eigenvalue weighted by Crippen LogP contribution is -2.02. The Morgan fingerprint density at radius 2 is 1.90 bits per heavy atom. The second kappa shape index (κ2) is 5.33. The van der Waals surface area contributed by atoms with Crippen LogP contribution in [0.2, 0.25) is 0 Å². The molecule has 0 spiro atoms. The van der Waals surface area contributed by atoms with Crippen molar-refractivity contribution in [2.24, 2.45) is 0 Å².